The summed E-state index contributed by atoms with van der Waals surface area (Å²) in [5.74, 6) is 1.24. The van der Waals surface area contributed by atoms with E-state index in [0.717, 1.165) is 0 Å². The summed E-state index contributed by atoms with van der Waals surface area (Å²) in [6, 6.07) is 24.9. The third kappa shape index (κ3) is 5.01. The molecule has 0 aromatic heterocycles. The molecule has 0 spiro atoms. The van der Waals surface area contributed by atoms with Crippen molar-refractivity contribution in [3.8, 4) is 11.1 Å². The first kappa shape index (κ1) is 30.9. The Kier molecular flexibility index (Phi) is 7.53. The Labute approximate surface area is 263 Å². The molecule has 6 rings (SSSR count). The van der Waals surface area contributed by atoms with Crippen molar-refractivity contribution in [3.63, 3.8) is 0 Å². The van der Waals surface area contributed by atoms with Crippen LogP contribution in [0.4, 0.5) is 0 Å². The molecule has 0 bridgehead atoms. The fourth-order valence-corrected chi connectivity index (χ4v) is 27.2. The first-order valence-corrected chi connectivity index (χ1v) is 25.9. The summed E-state index contributed by atoms with van der Waals surface area (Å²) in [6.07, 6.45) is 13.9. The molecular weight excluding hydrogens is 596 g/mol. The number of allylic oxidation sites excluding steroid dienone is 4. The van der Waals surface area contributed by atoms with E-state index in [2.05, 4.69) is 150 Å². The average Bonchev–Trinajstić information content (AvgIpc) is 3.57. The van der Waals surface area contributed by atoms with E-state index in [4.69, 9.17) is 0 Å². The summed E-state index contributed by atoms with van der Waals surface area (Å²) in [6.45, 7) is 18.9. The molecule has 0 atom stereocenters. The molecule has 1 heteroatoms. The minimum absolute atomic E-state index is 0.109. The molecule has 3 aliphatic rings. The predicted octanol–water partition coefficient (Wildman–Crippen LogP) is 12.2. The van der Waals surface area contributed by atoms with Gasteiger partial charge in [-0.25, -0.2) is 0 Å². The average molecular weight is 650 g/mol. The van der Waals surface area contributed by atoms with Gasteiger partial charge in [-0.15, -0.1) is 0 Å². The zero-order valence-corrected chi connectivity index (χ0v) is 31.0. The molecule has 1 saturated carbocycles. The molecule has 0 unspecified atom stereocenters. The molecule has 226 valence electrons. The van der Waals surface area contributed by atoms with Gasteiger partial charge >= 0.3 is 265 Å². The molecule has 43 heavy (non-hydrogen) atoms. The van der Waals surface area contributed by atoms with Gasteiger partial charge in [0.1, 0.15) is 0 Å². The van der Waals surface area contributed by atoms with Crippen LogP contribution in [0.3, 0.4) is 0 Å². The second kappa shape index (κ2) is 10.5. The van der Waals surface area contributed by atoms with Gasteiger partial charge in [-0.1, -0.05) is 0 Å². The quantitative estimate of drug-likeness (QED) is 0.258. The van der Waals surface area contributed by atoms with E-state index in [-0.39, 0.29) is 10.8 Å². The van der Waals surface area contributed by atoms with Gasteiger partial charge in [0.2, 0.25) is 0 Å². The van der Waals surface area contributed by atoms with E-state index >= 15 is 0 Å². The maximum atomic E-state index is 2.85. The van der Waals surface area contributed by atoms with Crippen molar-refractivity contribution in [2.24, 2.45) is 5.92 Å². The first-order chi connectivity index (χ1) is 20.1. The summed E-state index contributed by atoms with van der Waals surface area (Å²) >= 11 is -4.10. The number of benzene rings is 3. The molecule has 0 amide bonds. The fourth-order valence-electron chi connectivity index (χ4n) is 8.78. The first-order valence-electron chi connectivity index (χ1n) is 16.9. The predicted molar refractivity (Wildman–Crippen MR) is 187 cm³/mol. The number of hydrogen-bond donors (Lipinski definition) is 0. The Morgan fingerprint density at radius 1 is 0.698 bits per heavy atom. The van der Waals surface area contributed by atoms with Gasteiger partial charge in [0.15, 0.2) is 0 Å². The van der Waals surface area contributed by atoms with Crippen LogP contribution in [0.1, 0.15) is 118 Å². The van der Waals surface area contributed by atoms with Gasteiger partial charge in [-0.05, 0) is 0 Å². The van der Waals surface area contributed by atoms with Crippen LogP contribution in [0.2, 0.25) is 12.9 Å². The summed E-state index contributed by atoms with van der Waals surface area (Å²) in [5, 5.41) is 0. The van der Waals surface area contributed by atoms with E-state index in [9.17, 15) is 0 Å². The molecule has 3 aliphatic carbocycles. The van der Waals surface area contributed by atoms with Crippen LogP contribution < -0.4 is 0 Å². The van der Waals surface area contributed by atoms with Gasteiger partial charge in [0, 0.05) is 0 Å². The molecule has 0 nitrogen and oxygen atoms in total. The molecule has 0 aliphatic heterocycles. The molecule has 0 N–H and O–H groups in total. The molecule has 1 fully saturated rings. The van der Waals surface area contributed by atoms with Gasteiger partial charge in [0.05, 0.1) is 0 Å². The van der Waals surface area contributed by atoms with Gasteiger partial charge in [0.25, 0.3) is 0 Å². The second-order valence-electron chi connectivity index (χ2n) is 17.3. The Morgan fingerprint density at radius 3 is 1.58 bits per heavy atom. The van der Waals surface area contributed by atoms with Crippen LogP contribution in [0.5, 0.6) is 0 Å². The maximum absolute atomic E-state index is 4.10. The molecule has 3 aromatic carbocycles. The Bertz CT molecular complexity index is 1610. The van der Waals surface area contributed by atoms with Crippen LogP contribution in [0, 0.1) is 5.92 Å². The zero-order chi connectivity index (χ0) is 31.0. The number of hydrogen-bond acceptors (Lipinski definition) is 0. The van der Waals surface area contributed by atoms with Gasteiger partial charge < -0.3 is 0 Å². The minimum atomic E-state index is -4.10. The summed E-state index contributed by atoms with van der Waals surface area (Å²) in [4.78, 5) is 0. The van der Waals surface area contributed by atoms with Crippen LogP contribution in [0.15, 0.2) is 85.0 Å². The zero-order valence-electron chi connectivity index (χ0n) is 28.5. The van der Waals surface area contributed by atoms with E-state index < -0.39 is 18.3 Å². The third-order valence-corrected chi connectivity index (χ3v) is 29.4. The topological polar surface area (TPSA) is 0 Å². The molecule has 0 saturated heterocycles. The van der Waals surface area contributed by atoms with Crippen molar-refractivity contribution in [1.82, 2.24) is 0 Å². The Balaban J connectivity index is 1.76. The molecule has 0 radical (unpaired) electrons. The Hall–Kier alpha value is -2.11. The van der Waals surface area contributed by atoms with E-state index in [1.807, 2.05) is 3.21 Å². The van der Waals surface area contributed by atoms with Crippen LogP contribution >= 0.6 is 0 Å². The van der Waals surface area contributed by atoms with Crippen molar-refractivity contribution >= 4 is 3.21 Å². The van der Waals surface area contributed by atoms with Crippen molar-refractivity contribution in [1.29, 1.82) is 0 Å². The Morgan fingerprint density at radius 2 is 1.19 bits per heavy atom. The van der Waals surface area contributed by atoms with E-state index in [1.165, 1.54) is 52.6 Å². The summed E-state index contributed by atoms with van der Waals surface area (Å²) in [7, 11) is 0. The normalized spacial score (nSPS) is 17.9. The van der Waals surface area contributed by atoms with Crippen molar-refractivity contribution in [2.45, 2.75) is 108 Å². The standard InChI is InChI=1S/C21H25.C14H18.C5H5.2CH3.Zr/c1-20(2,3)16-7-9-18-14(12-16)11-15-13-17(21(4,5)6)8-10-19(15)18;1-11(2)14-8-6-13(7-9-14)10-12-4-3-5-12;1-2-4-5-3-1;;;/h7-13H,1-6H3;6-9,11-12H,3-5H2,1-2H3;1-5H;2*1H3;. The van der Waals surface area contributed by atoms with Gasteiger partial charge in [-0.2, -0.15) is 0 Å². The third-order valence-electron chi connectivity index (χ3n) is 11.7. The van der Waals surface area contributed by atoms with E-state index in [1.54, 1.807) is 11.1 Å². The molecular formula is C42H54Zr. The van der Waals surface area contributed by atoms with Crippen molar-refractivity contribution in [3.05, 3.63) is 118 Å². The van der Waals surface area contributed by atoms with Crippen LogP contribution in [-0.4, -0.2) is 3.21 Å². The van der Waals surface area contributed by atoms with Gasteiger partial charge in [-0.3, -0.25) is 0 Å². The van der Waals surface area contributed by atoms with Crippen molar-refractivity contribution in [2.75, 3.05) is 0 Å². The summed E-state index contributed by atoms with van der Waals surface area (Å²) < 4.78 is 8.52. The SMILES string of the molecule is CC(C)c1ccc([C](C2CCC2)=[Zr]([CH3])([CH3])([CH]2C=CC=C2)[CH]2c3cc(C(C)(C)C)ccc3-c3ccc(C(C)(C)C)cc32)cc1. The van der Waals surface area contributed by atoms with E-state index in [0.29, 0.717) is 19.1 Å². The second-order valence-corrected chi connectivity index (χ2v) is 34.5. The fraction of sp³-hybridized carbons (Fsp3) is 0.452. The number of fused-ring (bicyclic) bond motifs is 3. The monoisotopic (exact) mass is 648 g/mol. The van der Waals surface area contributed by atoms with Crippen LogP contribution in [-0.2, 0) is 29.1 Å². The van der Waals surface area contributed by atoms with Crippen molar-refractivity contribution < 1.29 is 18.3 Å². The number of rotatable bonds is 5. The molecule has 3 aromatic rings. The summed E-state index contributed by atoms with van der Waals surface area (Å²) in [5.41, 5.74) is 12.3. The van der Waals surface area contributed by atoms with Crippen LogP contribution in [0.25, 0.3) is 11.1 Å². The molecule has 0 heterocycles.